The lowest BCUT2D eigenvalue weighted by atomic mass is 9.78. The highest BCUT2D eigenvalue weighted by Gasteiger charge is 2.45. The molecule has 0 bridgehead atoms. The second-order valence-corrected chi connectivity index (χ2v) is 14.0. The summed E-state index contributed by atoms with van der Waals surface area (Å²) in [6.45, 7) is 6.09. The summed E-state index contributed by atoms with van der Waals surface area (Å²) in [7, 11) is 0. The minimum absolute atomic E-state index is 0.0361. The van der Waals surface area contributed by atoms with Crippen molar-refractivity contribution in [1.82, 2.24) is 25.4 Å². The molecule has 3 aliphatic rings. The molecular weight excluding hydrogens is 676 g/mol. The molecule has 5 aromatic rings. The lowest BCUT2D eigenvalue weighted by molar-refractivity contribution is -0.136. The number of carbonyl (C=O) groups is 4. The monoisotopic (exact) mass is 712 g/mol. The van der Waals surface area contributed by atoms with Crippen LogP contribution >= 0.6 is 0 Å². The van der Waals surface area contributed by atoms with Crippen molar-refractivity contribution in [1.29, 1.82) is 0 Å². The molecular formula is C40H36N6O7. The van der Waals surface area contributed by atoms with E-state index < -0.39 is 29.7 Å². The van der Waals surface area contributed by atoms with Gasteiger partial charge in [0.1, 0.15) is 35.1 Å². The van der Waals surface area contributed by atoms with Crippen molar-refractivity contribution < 1.29 is 33.1 Å². The zero-order valence-electron chi connectivity index (χ0n) is 29.3. The first-order valence-electron chi connectivity index (χ1n) is 17.5. The second-order valence-electron chi connectivity index (χ2n) is 14.0. The van der Waals surface area contributed by atoms with E-state index in [1.54, 1.807) is 37.4 Å². The Morgan fingerprint density at radius 1 is 0.830 bits per heavy atom. The molecule has 3 aromatic carbocycles. The maximum atomic E-state index is 13.2. The number of amides is 4. The highest BCUT2D eigenvalue weighted by molar-refractivity contribution is 6.23. The first kappa shape index (κ1) is 33.8. The van der Waals surface area contributed by atoms with E-state index in [1.165, 1.54) is 0 Å². The molecule has 4 amide bonds. The normalized spacial score (nSPS) is 19.8. The Morgan fingerprint density at radius 2 is 1.51 bits per heavy atom. The van der Waals surface area contributed by atoms with Gasteiger partial charge in [-0.15, -0.1) is 10.2 Å². The maximum absolute atomic E-state index is 13.2. The fraction of sp³-hybridized carbons (Fsp3) is 0.275. The quantitative estimate of drug-likeness (QED) is 0.164. The lowest BCUT2D eigenvalue weighted by Gasteiger charge is -2.36. The van der Waals surface area contributed by atoms with Crippen molar-refractivity contribution in [3.8, 4) is 28.8 Å². The maximum Gasteiger partial charge on any atom is 0.266 e. The van der Waals surface area contributed by atoms with Crippen molar-refractivity contribution in [2.24, 2.45) is 0 Å². The van der Waals surface area contributed by atoms with Crippen molar-refractivity contribution in [3.63, 3.8) is 0 Å². The van der Waals surface area contributed by atoms with Gasteiger partial charge in [-0.1, -0.05) is 38.1 Å². The topological polar surface area (TPSA) is 166 Å². The third-order valence-electron chi connectivity index (χ3n) is 10.1. The van der Waals surface area contributed by atoms with Crippen LogP contribution in [0.2, 0.25) is 0 Å². The number of ether oxygens (including phenoxy) is 2. The molecule has 1 atom stereocenters. The van der Waals surface area contributed by atoms with Gasteiger partial charge in [-0.05, 0) is 72.1 Å². The van der Waals surface area contributed by atoms with Crippen LogP contribution in [0.4, 0.5) is 5.69 Å². The molecule has 8 rings (SSSR count). The molecule has 2 aliphatic heterocycles. The van der Waals surface area contributed by atoms with Crippen LogP contribution in [0.3, 0.4) is 0 Å². The smallest absolute Gasteiger partial charge is 0.266 e. The number of pyridine rings is 1. The number of nitrogens with zero attached hydrogens (tertiary/aromatic N) is 4. The van der Waals surface area contributed by atoms with E-state index in [2.05, 4.69) is 63.9 Å². The number of imide groups is 2. The Bertz CT molecular complexity index is 2230. The standard InChI is InChI=1S/C40H36N6O7/c1-22-44-45-37(51-22)33-15-13-29(21-41-33)52-27-9-4-23(5-10-27)40(2,3)24-6-11-28(12-7-24)53-30-18-26(19-30)42-25-8-14-31-32(20-25)39(50)46(38(31)49)34-16-17-35(47)43-36(34)48/h4-15,20-21,26,30,34,42H,16-19H2,1-3H3,(H,43,47,48)/t26-,30-,34?. The van der Waals surface area contributed by atoms with E-state index in [9.17, 15) is 19.2 Å². The van der Waals surface area contributed by atoms with Gasteiger partial charge in [0, 0.05) is 43.3 Å². The molecule has 53 heavy (non-hydrogen) atoms. The van der Waals surface area contributed by atoms with E-state index >= 15 is 0 Å². The number of fused-ring (bicyclic) bond motifs is 1. The van der Waals surface area contributed by atoms with Crippen LogP contribution in [-0.2, 0) is 15.0 Å². The van der Waals surface area contributed by atoms with E-state index in [1.807, 2.05) is 30.3 Å². The molecule has 268 valence electrons. The van der Waals surface area contributed by atoms with Crippen molar-refractivity contribution in [3.05, 3.63) is 113 Å². The summed E-state index contributed by atoms with van der Waals surface area (Å²) in [4.78, 5) is 55.4. The van der Waals surface area contributed by atoms with Crippen LogP contribution in [0.5, 0.6) is 17.2 Å². The minimum atomic E-state index is -0.989. The van der Waals surface area contributed by atoms with E-state index in [0.29, 0.717) is 34.7 Å². The molecule has 0 radical (unpaired) electrons. The number of piperidine rings is 1. The molecule has 1 aliphatic carbocycles. The van der Waals surface area contributed by atoms with Crippen molar-refractivity contribution in [2.75, 3.05) is 5.32 Å². The zero-order valence-corrected chi connectivity index (χ0v) is 29.3. The van der Waals surface area contributed by atoms with Gasteiger partial charge in [0.15, 0.2) is 0 Å². The third kappa shape index (κ3) is 6.61. The second kappa shape index (κ2) is 13.3. The number of hydrogen-bond acceptors (Lipinski definition) is 11. The van der Waals surface area contributed by atoms with Gasteiger partial charge in [-0.2, -0.15) is 0 Å². The number of hydrogen-bond donors (Lipinski definition) is 2. The number of nitrogens with one attached hydrogen (secondary N) is 2. The van der Waals surface area contributed by atoms with Crippen LogP contribution < -0.4 is 20.1 Å². The molecule has 13 heteroatoms. The van der Waals surface area contributed by atoms with E-state index in [-0.39, 0.29) is 41.5 Å². The fourth-order valence-corrected chi connectivity index (χ4v) is 6.93. The van der Waals surface area contributed by atoms with Gasteiger partial charge in [-0.3, -0.25) is 29.4 Å². The van der Waals surface area contributed by atoms with Gasteiger partial charge >= 0.3 is 0 Å². The molecule has 2 N–H and O–H groups in total. The van der Waals surface area contributed by atoms with Crippen LogP contribution in [0.15, 0.2) is 89.5 Å². The molecule has 2 fully saturated rings. The Balaban J connectivity index is 0.829. The summed E-state index contributed by atoms with van der Waals surface area (Å²) in [6.07, 6.45) is 3.40. The minimum Gasteiger partial charge on any atom is -0.490 e. The van der Waals surface area contributed by atoms with Crippen LogP contribution in [0.1, 0.15) is 77.3 Å². The summed E-state index contributed by atoms with van der Waals surface area (Å²) in [5.41, 5.74) is 3.81. The Kier molecular flexibility index (Phi) is 8.48. The Morgan fingerprint density at radius 3 is 2.15 bits per heavy atom. The van der Waals surface area contributed by atoms with Gasteiger partial charge in [0.2, 0.25) is 17.7 Å². The van der Waals surface area contributed by atoms with Crippen molar-refractivity contribution in [2.45, 2.75) is 70.1 Å². The lowest BCUT2D eigenvalue weighted by Crippen LogP contribution is -2.54. The average Bonchev–Trinajstić information content (AvgIpc) is 3.68. The molecule has 0 spiro atoms. The molecule has 2 aromatic heterocycles. The van der Waals surface area contributed by atoms with Crippen LogP contribution in [-0.4, -0.2) is 61.9 Å². The van der Waals surface area contributed by atoms with Gasteiger partial charge in [0.05, 0.1) is 17.3 Å². The van der Waals surface area contributed by atoms with Gasteiger partial charge in [-0.25, -0.2) is 4.98 Å². The third-order valence-corrected chi connectivity index (χ3v) is 10.1. The molecule has 13 nitrogen and oxygen atoms in total. The average molecular weight is 713 g/mol. The summed E-state index contributed by atoms with van der Waals surface area (Å²) >= 11 is 0. The highest BCUT2D eigenvalue weighted by Crippen LogP contribution is 2.36. The first-order valence-corrected chi connectivity index (χ1v) is 17.5. The zero-order chi connectivity index (χ0) is 36.9. The predicted octanol–water partition coefficient (Wildman–Crippen LogP) is 5.98. The van der Waals surface area contributed by atoms with Crippen LogP contribution in [0.25, 0.3) is 11.6 Å². The number of rotatable bonds is 10. The van der Waals surface area contributed by atoms with E-state index in [4.69, 9.17) is 13.9 Å². The number of carbonyl (C=O) groups excluding carboxylic acids is 4. The number of benzene rings is 3. The number of aromatic nitrogens is 3. The highest BCUT2D eigenvalue weighted by atomic mass is 16.5. The molecule has 1 unspecified atom stereocenters. The summed E-state index contributed by atoms with van der Waals surface area (Å²) in [6, 6.07) is 24.0. The fourth-order valence-electron chi connectivity index (χ4n) is 6.93. The molecule has 1 saturated heterocycles. The predicted molar refractivity (Wildman–Crippen MR) is 192 cm³/mol. The Hall–Kier alpha value is -6.37. The summed E-state index contributed by atoms with van der Waals surface area (Å²) in [5.74, 6) is 0.855. The number of aryl methyl sites for hydroxylation is 1. The largest absolute Gasteiger partial charge is 0.490 e. The molecule has 1 saturated carbocycles. The Labute approximate surface area is 304 Å². The summed E-state index contributed by atoms with van der Waals surface area (Å²) < 4.78 is 17.7. The number of anilines is 1. The van der Waals surface area contributed by atoms with Crippen molar-refractivity contribution >= 4 is 29.3 Å². The van der Waals surface area contributed by atoms with Gasteiger partial charge < -0.3 is 19.2 Å². The summed E-state index contributed by atoms with van der Waals surface area (Å²) in [5, 5.41) is 13.5. The van der Waals surface area contributed by atoms with Crippen LogP contribution in [0, 0.1) is 6.92 Å². The molecule has 4 heterocycles. The van der Waals surface area contributed by atoms with E-state index in [0.717, 1.165) is 34.6 Å². The SMILES string of the molecule is Cc1nnc(-c2ccc(Oc3ccc(C(C)(C)c4ccc(O[C@H]5C[C@H](Nc6ccc7c(c6)C(=O)N(C6CCC(=O)NC6=O)C7=O)C5)cc4)cc3)cn2)o1. The van der Waals surface area contributed by atoms with Gasteiger partial charge in [0.25, 0.3) is 17.7 Å². The first-order chi connectivity index (χ1) is 25.5.